The fourth-order valence-electron chi connectivity index (χ4n) is 3.99. The number of nitrogens with one attached hydrogen (secondary N) is 2. The van der Waals surface area contributed by atoms with Gasteiger partial charge in [0.05, 0.1) is 13.2 Å². The Balaban J connectivity index is 0.00000196. The number of aryl methyl sites for hydroxylation is 1. The van der Waals surface area contributed by atoms with Crippen LogP contribution < -0.4 is 10.6 Å². The van der Waals surface area contributed by atoms with Gasteiger partial charge < -0.3 is 15.4 Å². The standard InChI is InChI=1S/C21H33N3O2.2ClH/c1-16-3-4-18(15-24-9-11-26-12-10-24)14-20(16)23-21(25)13-17(2)19-5-7-22-8-6-19;;/h3-4,14,17,19,22H,5-13,15H2,1-2H3,(H,23,25);2*1H. The molecule has 3 rings (SSSR count). The van der Waals surface area contributed by atoms with E-state index in [-0.39, 0.29) is 30.7 Å². The fraction of sp³-hybridized carbons (Fsp3) is 0.667. The summed E-state index contributed by atoms with van der Waals surface area (Å²) >= 11 is 0. The maximum Gasteiger partial charge on any atom is 0.224 e. The van der Waals surface area contributed by atoms with Gasteiger partial charge in [-0.2, -0.15) is 0 Å². The first-order valence-corrected chi connectivity index (χ1v) is 10.0. The molecular formula is C21H35Cl2N3O2. The first-order valence-electron chi connectivity index (χ1n) is 10.0. The molecule has 0 bridgehead atoms. The molecule has 1 amide bonds. The second-order valence-electron chi connectivity index (χ2n) is 7.85. The molecule has 2 aliphatic rings. The van der Waals surface area contributed by atoms with E-state index in [1.807, 2.05) is 0 Å². The van der Waals surface area contributed by atoms with Crippen molar-refractivity contribution in [2.45, 2.75) is 39.7 Å². The molecule has 28 heavy (non-hydrogen) atoms. The Morgan fingerprint density at radius 2 is 1.93 bits per heavy atom. The van der Waals surface area contributed by atoms with E-state index in [1.165, 1.54) is 18.4 Å². The van der Waals surface area contributed by atoms with Crippen LogP contribution in [0.1, 0.15) is 37.3 Å². The van der Waals surface area contributed by atoms with E-state index >= 15 is 0 Å². The Morgan fingerprint density at radius 1 is 1.25 bits per heavy atom. The maximum absolute atomic E-state index is 12.6. The summed E-state index contributed by atoms with van der Waals surface area (Å²) in [6, 6.07) is 6.41. The third kappa shape index (κ3) is 7.53. The summed E-state index contributed by atoms with van der Waals surface area (Å²) in [5.41, 5.74) is 3.33. The molecule has 0 spiro atoms. The van der Waals surface area contributed by atoms with Crippen LogP contribution in [0, 0.1) is 18.8 Å². The van der Waals surface area contributed by atoms with Gasteiger partial charge in [-0.1, -0.05) is 19.1 Å². The average Bonchev–Trinajstić information content (AvgIpc) is 2.66. The number of amides is 1. The zero-order valence-corrected chi connectivity index (χ0v) is 18.7. The highest BCUT2D eigenvalue weighted by molar-refractivity contribution is 5.91. The molecule has 1 unspecified atom stereocenters. The summed E-state index contributed by atoms with van der Waals surface area (Å²) in [7, 11) is 0. The van der Waals surface area contributed by atoms with Gasteiger partial charge in [-0.15, -0.1) is 24.8 Å². The van der Waals surface area contributed by atoms with Gasteiger partial charge in [0.15, 0.2) is 0 Å². The van der Waals surface area contributed by atoms with Crippen molar-refractivity contribution in [1.82, 2.24) is 10.2 Å². The van der Waals surface area contributed by atoms with Crippen LogP contribution >= 0.6 is 24.8 Å². The van der Waals surface area contributed by atoms with Crippen LogP contribution in [0.25, 0.3) is 0 Å². The summed E-state index contributed by atoms with van der Waals surface area (Å²) in [5.74, 6) is 1.24. The Bertz CT molecular complexity index is 603. The number of anilines is 1. The zero-order chi connectivity index (χ0) is 18.4. The highest BCUT2D eigenvalue weighted by Gasteiger charge is 2.22. The molecular weight excluding hydrogens is 397 g/mol. The molecule has 0 aliphatic carbocycles. The van der Waals surface area contributed by atoms with Crippen LogP contribution in [0.15, 0.2) is 18.2 Å². The number of benzene rings is 1. The minimum atomic E-state index is 0. The van der Waals surface area contributed by atoms with Gasteiger partial charge in [-0.05, 0) is 61.9 Å². The molecule has 7 heteroatoms. The lowest BCUT2D eigenvalue weighted by Crippen LogP contribution is -2.35. The number of rotatable bonds is 6. The second-order valence-corrected chi connectivity index (χ2v) is 7.85. The molecule has 0 saturated carbocycles. The van der Waals surface area contributed by atoms with Crippen LogP contribution in [0.4, 0.5) is 5.69 Å². The van der Waals surface area contributed by atoms with E-state index in [0.717, 1.165) is 57.2 Å². The van der Waals surface area contributed by atoms with Crippen LogP contribution in [0.2, 0.25) is 0 Å². The lowest BCUT2D eigenvalue weighted by molar-refractivity contribution is -0.117. The Kier molecular flexibility index (Phi) is 11.4. The van der Waals surface area contributed by atoms with E-state index in [0.29, 0.717) is 18.3 Å². The fourth-order valence-corrected chi connectivity index (χ4v) is 3.99. The molecule has 1 aromatic carbocycles. The highest BCUT2D eigenvalue weighted by Crippen LogP contribution is 2.25. The first kappa shape index (κ1) is 25.2. The van der Waals surface area contributed by atoms with Crippen LogP contribution in [-0.2, 0) is 16.1 Å². The van der Waals surface area contributed by atoms with Crippen molar-refractivity contribution in [3.05, 3.63) is 29.3 Å². The number of hydrogen-bond donors (Lipinski definition) is 2. The quantitative estimate of drug-likeness (QED) is 0.721. The molecule has 2 aliphatic heterocycles. The molecule has 0 radical (unpaired) electrons. The molecule has 160 valence electrons. The normalized spacial score (nSPS) is 19.2. The summed E-state index contributed by atoms with van der Waals surface area (Å²) in [5, 5.41) is 6.56. The van der Waals surface area contributed by atoms with Crippen LogP contribution in [0.3, 0.4) is 0 Å². The largest absolute Gasteiger partial charge is 0.379 e. The molecule has 2 saturated heterocycles. The molecule has 2 N–H and O–H groups in total. The number of carbonyl (C=O) groups excluding carboxylic acids is 1. The molecule has 1 aromatic rings. The number of piperidine rings is 1. The first-order chi connectivity index (χ1) is 12.6. The number of morpholine rings is 1. The Morgan fingerprint density at radius 3 is 2.61 bits per heavy atom. The van der Waals surface area contributed by atoms with E-state index < -0.39 is 0 Å². The lowest BCUT2D eigenvalue weighted by Gasteiger charge is -2.28. The summed E-state index contributed by atoms with van der Waals surface area (Å²) in [4.78, 5) is 15.0. The van der Waals surface area contributed by atoms with Crippen LogP contribution in [-0.4, -0.2) is 50.2 Å². The van der Waals surface area contributed by atoms with Gasteiger partial charge in [0.2, 0.25) is 5.91 Å². The Labute approximate surface area is 181 Å². The van der Waals surface area contributed by atoms with Crippen LogP contribution in [0.5, 0.6) is 0 Å². The third-order valence-corrected chi connectivity index (χ3v) is 5.78. The van der Waals surface area contributed by atoms with E-state index in [9.17, 15) is 4.79 Å². The summed E-state index contributed by atoms with van der Waals surface area (Å²) in [6.45, 7) is 10.9. The summed E-state index contributed by atoms with van der Waals surface area (Å²) < 4.78 is 5.42. The van der Waals surface area contributed by atoms with Gasteiger partial charge in [0.25, 0.3) is 0 Å². The monoisotopic (exact) mass is 431 g/mol. The minimum absolute atomic E-state index is 0. The van der Waals surface area contributed by atoms with Crippen molar-refractivity contribution in [1.29, 1.82) is 0 Å². The maximum atomic E-state index is 12.6. The SMILES string of the molecule is Cc1ccc(CN2CCOCC2)cc1NC(=O)CC(C)C1CCNCC1.Cl.Cl. The smallest absolute Gasteiger partial charge is 0.224 e. The van der Waals surface area contributed by atoms with Crippen molar-refractivity contribution in [3.63, 3.8) is 0 Å². The average molecular weight is 432 g/mol. The van der Waals surface area contributed by atoms with E-state index in [2.05, 4.69) is 47.6 Å². The predicted molar refractivity (Wildman–Crippen MR) is 120 cm³/mol. The van der Waals surface area contributed by atoms with Crippen molar-refractivity contribution in [2.75, 3.05) is 44.7 Å². The van der Waals surface area contributed by atoms with Gasteiger partial charge in [-0.25, -0.2) is 0 Å². The van der Waals surface area contributed by atoms with Crippen molar-refractivity contribution in [3.8, 4) is 0 Å². The van der Waals surface area contributed by atoms with Gasteiger partial charge in [-0.3, -0.25) is 9.69 Å². The molecule has 2 fully saturated rings. The minimum Gasteiger partial charge on any atom is -0.379 e. The van der Waals surface area contributed by atoms with Crippen molar-refractivity contribution < 1.29 is 9.53 Å². The molecule has 5 nitrogen and oxygen atoms in total. The van der Waals surface area contributed by atoms with Crippen molar-refractivity contribution >= 4 is 36.4 Å². The Hall–Kier alpha value is -0.850. The zero-order valence-electron chi connectivity index (χ0n) is 17.0. The van der Waals surface area contributed by atoms with E-state index in [1.54, 1.807) is 0 Å². The molecule has 1 atom stereocenters. The van der Waals surface area contributed by atoms with Crippen molar-refractivity contribution in [2.24, 2.45) is 11.8 Å². The number of halogens is 2. The van der Waals surface area contributed by atoms with Gasteiger partial charge in [0.1, 0.15) is 0 Å². The summed E-state index contributed by atoms with van der Waals surface area (Å²) in [6.07, 6.45) is 2.98. The molecule has 2 heterocycles. The number of nitrogens with zero attached hydrogens (tertiary/aromatic N) is 1. The van der Waals surface area contributed by atoms with Gasteiger partial charge in [0, 0.05) is 31.7 Å². The van der Waals surface area contributed by atoms with E-state index in [4.69, 9.17) is 4.74 Å². The number of ether oxygens (including phenoxy) is 1. The predicted octanol–water partition coefficient (Wildman–Crippen LogP) is 3.64. The number of hydrogen-bond acceptors (Lipinski definition) is 4. The second kappa shape index (κ2) is 12.7. The third-order valence-electron chi connectivity index (χ3n) is 5.78. The molecule has 0 aromatic heterocycles. The lowest BCUT2D eigenvalue weighted by atomic mass is 9.84. The highest BCUT2D eigenvalue weighted by atomic mass is 35.5. The topological polar surface area (TPSA) is 53.6 Å². The van der Waals surface area contributed by atoms with Gasteiger partial charge >= 0.3 is 0 Å². The number of carbonyl (C=O) groups is 1.